The van der Waals surface area contributed by atoms with Gasteiger partial charge in [0.25, 0.3) is 5.91 Å². The van der Waals surface area contributed by atoms with Gasteiger partial charge in [-0.05, 0) is 66.6 Å². The van der Waals surface area contributed by atoms with Crippen LogP contribution in [0.1, 0.15) is 15.9 Å². The molecule has 41 heavy (non-hydrogen) atoms. The number of anilines is 1. The molecule has 1 amide bonds. The van der Waals surface area contributed by atoms with E-state index in [0.717, 1.165) is 33.3 Å². The molecule has 0 spiro atoms. The van der Waals surface area contributed by atoms with Gasteiger partial charge in [-0.3, -0.25) is 14.9 Å². The van der Waals surface area contributed by atoms with Crippen LogP contribution in [0.15, 0.2) is 97.3 Å². The number of para-hydroxylation sites is 1. The van der Waals surface area contributed by atoms with Crippen LogP contribution < -0.4 is 5.32 Å². The van der Waals surface area contributed by atoms with E-state index in [1.54, 1.807) is 24.5 Å². The summed E-state index contributed by atoms with van der Waals surface area (Å²) in [5.74, 6) is 0.0298. The van der Waals surface area contributed by atoms with Crippen LogP contribution in [-0.4, -0.2) is 36.0 Å². The first kappa shape index (κ1) is 24.3. The van der Waals surface area contributed by atoms with Gasteiger partial charge in [-0.15, -0.1) is 0 Å². The fraction of sp³-hybridized carbons (Fsp3) is 0.0312. The van der Waals surface area contributed by atoms with Gasteiger partial charge in [0.15, 0.2) is 11.5 Å². The number of fused-ring (bicyclic) bond motifs is 2. The van der Waals surface area contributed by atoms with Gasteiger partial charge in [0.1, 0.15) is 11.3 Å². The Labute approximate surface area is 233 Å². The molecule has 0 bridgehead atoms. The number of pyridine rings is 2. The molecule has 9 heteroatoms. The molecule has 0 aliphatic carbocycles. The third kappa shape index (κ3) is 4.59. The molecule has 7 aromatic rings. The van der Waals surface area contributed by atoms with Crippen LogP contribution in [0.25, 0.3) is 56.0 Å². The van der Waals surface area contributed by atoms with Crippen molar-refractivity contribution in [1.82, 2.24) is 30.1 Å². The van der Waals surface area contributed by atoms with Gasteiger partial charge in [-0.25, -0.2) is 14.4 Å². The molecule has 8 nitrogen and oxygen atoms in total. The first-order valence-electron chi connectivity index (χ1n) is 13.0. The summed E-state index contributed by atoms with van der Waals surface area (Å²) in [6.07, 6.45) is 3.29. The molecule has 7 rings (SSSR count). The van der Waals surface area contributed by atoms with E-state index in [9.17, 15) is 9.18 Å². The number of amides is 1. The zero-order valence-corrected chi connectivity index (χ0v) is 21.8. The summed E-state index contributed by atoms with van der Waals surface area (Å²) in [4.78, 5) is 30.0. The van der Waals surface area contributed by atoms with E-state index in [1.165, 1.54) is 12.1 Å². The van der Waals surface area contributed by atoms with Gasteiger partial charge < -0.3 is 10.3 Å². The Morgan fingerprint density at radius 3 is 2.56 bits per heavy atom. The topological polar surface area (TPSA) is 112 Å². The number of imidazole rings is 1. The fourth-order valence-electron chi connectivity index (χ4n) is 4.94. The molecular formula is C32H22FN7O. The van der Waals surface area contributed by atoms with Gasteiger partial charge in [-0.1, -0.05) is 36.4 Å². The molecule has 0 unspecified atom stereocenters. The highest BCUT2D eigenvalue weighted by molar-refractivity contribution is 6.04. The van der Waals surface area contributed by atoms with E-state index in [1.807, 2.05) is 67.6 Å². The lowest BCUT2D eigenvalue weighted by molar-refractivity contribution is 0.102. The summed E-state index contributed by atoms with van der Waals surface area (Å²) in [6, 6.07) is 25.3. The third-order valence-corrected chi connectivity index (χ3v) is 6.83. The summed E-state index contributed by atoms with van der Waals surface area (Å²) < 4.78 is 14.2. The van der Waals surface area contributed by atoms with Crippen molar-refractivity contribution in [3.63, 3.8) is 0 Å². The molecule has 0 aliphatic rings. The molecule has 198 valence electrons. The monoisotopic (exact) mass is 539 g/mol. The number of halogens is 1. The van der Waals surface area contributed by atoms with Crippen LogP contribution in [0.4, 0.5) is 10.1 Å². The maximum atomic E-state index is 14.2. The predicted molar refractivity (Wildman–Crippen MR) is 157 cm³/mol. The number of carbonyl (C=O) groups is 1. The van der Waals surface area contributed by atoms with Crippen molar-refractivity contribution >= 4 is 33.7 Å². The maximum absolute atomic E-state index is 14.2. The first-order valence-corrected chi connectivity index (χ1v) is 13.0. The minimum absolute atomic E-state index is 0.220. The molecule has 3 N–H and O–H groups in total. The van der Waals surface area contributed by atoms with Gasteiger partial charge in [0.2, 0.25) is 0 Å². The van der Waals surface area contributed by atoms with E-state index in [2.05, 4.69) is 25.5 Å². The lowest BCUT2D eigenvalue weighted by Gasteiger charge is -2.07. The minimum Gasteiger partial charge on any atom is -0.336 e. The lowest BCUT2D eigenvalue weighted by Crippen LogP contribution is -2.11. The molecule has 0 saturated carbocycles. The number of nitrogens with zero attached hydrogens (tertiary/aromatic N) is 4. The second-order valence-corrected chi connectivity index (χ2v) is 9.75. The molecule has 0 atom stereocenters. The normalized spacial score (nSPS) is 11.3. The smallest absolute Gasteiger partial charge is 0.255 e. The summed E-state index contributed by atoms with van der Waals surface area (Å²) in [6.45, 7) is 1.87. The van der Waals surface area contributed by atoms with E-state index < -0.39 is 0 Å². The van der Waals surface area contributed by atoms with Crippen molar-refractivity contribution in [2.45, 2.75) is 6.92 Å². The SMILES string of the molecule is Cc1cc(F)cc(-c2cccc3[nH]c(-c4n[nH]c5ccc(-c6cncc(NC(=O)c7ccccc7)c6)nc45)nc23)c1. The van der Waals surface area contributed by atoms with E-state index >= 15 is 0 Å². The number of benzene rings is 3. The molecule has 0 aliphatic heterocycles. The number of rotatable bonds is 5. The van der Waals surface area contributed by atoms with Crippen LogP contribution in [-0.2, 0) is 0 Å². The van der Waals surface area contributed by atoms with E-state index in [0.29, 0.717) is 39.5 Å². The van der Waals surface area contributed by atoms with Crippen molar-refractivity contribution < 1.29 is 9.18 Å². The Morgan fingerprint density at radius 2 is 1.71 bits per heavy atom. The van der Waals surface area contributed by atoms with Gasteiger partial charge in [-0.2, -0.15) is 5.10 Å². The van der Waals surface area contributed by atoms with Crippen molar-refractivity contribution in [3.8, 4) is 33.9 Å². The largest absolute Gasteiger partial charge is 0.336 e. The number of aryl methyl sites for hydroxylation is 1. The van der Waals surface area contributed by atoms with Crippen molar-refractivity contribution in [2.75, 3.05) is 5.32 Å². The molecule has 0 saturated heterocycles. The fourth-order valence-corrected chi connectivity index (χ4v) is 4.94. The van der Waals surface area contributed by atoms with Crippen LogP contribution >= 0.6 is 0 Å². The van der Waals surface area contributed by atoms with Crippen LogP contribution in [0.2, 0.25) is 0 Å². The number of H-pyrrole nitrogens is 2. The quantitative estimate of drug-likeness (QED) is 0.220. The Bertz CT molecular complexity index is 2060. The van der Waals surface area contributed by atoms with Crippen LogP contribution in [0.3, 0.4) is 0 Å². The molecule has 3 aromatic carbocycles. The first-order chi connectivity index (χ1) is 20.0. The molecule has 4 heterocycles. The molecule has 0 fully saturated rings. The lowest BCUT2D eigenvalue weighted by atomic mass is 10.0. The standard InChI is InChI=1S/C32H22FN7O/c1-18-12-20(14-22(33)13-18)24-8-5-9-26-28(24)38-31(37-26)30-29-27(39-40-30)11-10-25(36-29)21-15-23(17-34-16-21)35-32(41)19-6-3-2-4-7-19/h2-17H,1H3,(H,35,41)(H,37,38)(H,39,40). The molecular weight excluding hydrogens is 517 g/mol. The van der Waals surface area contributed by atoms with E-state index in [4.69, 9.17) is 9.97 Å². The summed E-state index contributed by atoms with van der Waals surface area (Å²) in [5.41, 5.74) is 8.37. The van der Waals surface area contributed by atoms with Crippen molar-refractivity contribution in [3.05, 3.63) is 114 Å². The Hall–Kier alpha value is -5.70. The van der Waals surface area contributed by atoms with Gasteiger partial charge in [0.05, 0.1) is 34.1 Å². The average Bonchev–Trinajstić information content (AvgIpc) is 3.61. The highest BCUT2D eigenvalue weighted by Crippen LogP contribution is 2.32. The number of nitrogens with one attached hydrogen (secondary N) is 3. The number of hydrogen-bond donors (Lipinski definition) is 3. The average molecular weight is 540 g/mol. The third-order valence-electron chi connectivity index (χ3n) is 6.83. The Balaban J connectivity index is 1.25. The number of hydrogen-bond acceptors (Lipinski definition) is 5. The van der Waals surface area contributed by atoms with Crippen molar-refractivity contribution in [2.24, 2.45) is 0 Å². The zero-order valence-electron chi connectivity index (χ0n) is 21.8. The number of aromatic nitrogens is 6. The summed E-state index contributed by atoms with van der Waals surface area (Å²) in [7, 11) is 0. The maximum Gasteiger partial charge on any atom is 0.255 e. The summed E-state index contributed by atoms with van der Waals surface area (Å²) >= 11 is 0. The number of carbonyl (C=O) groups excluding carboxylic acids is 1. The van der Waals surface area contributed by atoms with Crippen molar-refractivity contribution in [1.29, 1.82) is 0 Å². The van der Waals surface area contributed by atoms with Crippen LogP contribution in [0, 0.1) is 12.7 Å². The second kappa shape index (κ2) is 9.80. The predicted octanol–water partition coefficient (Wildman–Crippen LogP) is 6.93. The van der Waals surface area contributed by atoms with E-state index in [-0.39, 0.29) is 11.7 Å². The summed E-state index contributed by atoms with van der Waals surface area (Å²) in [5, 5.41) is 10.4. The highest BCUT2D eigenvalue weighted by Gasteiger charge is 2.17. The van der Waals surface area contributed by atoms with Crippen LogP contribution in [0.5, 0.6) is 0 Å². The highest BCUT2D eigenvalue weighted by atomic mass is 19.1. The van der Waals surface area contributed by atoms with Gasteiger partial charge >= 0.3 is 0 Å². The molecule has 0 radical (unpaired) electrons. The zero-order chi connectivity index (χ0) is 27.9. The Morgan fingerprint density at radius 1 is 0.829 bits per heavy atom. The minimum atomic E-state index is -0.291. The van der Waals surface area contributed by atoms with Gasteiger partial charge in [0, 0.05) is 22.9 Å². The Kier molecular flexibility index (Phi) is 5.82. The second-order valence-electron chi connectivity index (χ2n) is 9.75. The molecule has 4 aromatic heterocycles. The number of aromatic amines is 2.